The monoisotopic (exact) mass is 331 g/mol. The van der Waals surface area contributed by atoms with Crippen LogP contribution in [0.15, 0.2) is 24.5 Å². The van der Waals surface area contributed by atoms with E-state index in [1.165, 1.54) is 31.6 Å². The summed E-state index contributed by atoms with van der Waals surface area (Å²) in [6, 6.07) is 2.96. The maximum absolute atomic E-state index is 11.4. The summed E-state index contributed by atoms with van der Waals surface area (Å²) in [6.07, 6.45) is 2.68. The second kappa shape index (κ2) is 5.87. The van der Waals surface area contributed by atoms with Crippen molar-refractivity contribution in [2.24, 2.45) is 0 Å². The van der Waals surface area contributed by atoms with Crippen molar-refractivity contribution >= 4 is 40.8 Å². The van der Waals surface area contributed by atoms with Crippen molar-refractivity contribution in [1.82, 2.24) is 4.98 Å². The van der Waals surface area contributed by atoms with Gasteiger partial charge < -0.3 is 9.84 Å². The first-order valence-corrected chi connectivity index (χ1v) is 6.49. The molecule has 1 aromatic heterocycles. The van der Waals surface area contributed by atoms with E-state index < -0.39 is 5.97 Å². The van der Waals surface area contributed by atoms with Gasteiger partial charge in [-0.3, -0.25) is 4.98 Å². The molecule has 2 rings (SSSR count). The van der Waals surface area contributed by atoms with E-state index in [4.69, 9.17) is 39.5 Å². The minimum absolute atomic E-state index is 0.0615. The number of aromatic carboxylic acids is 1. The molecular formula is C13H8Cl3NO3. The van der Waals surface area contributed by atoms with E-state index in [9.17, 15) is 9.90 Å². The van der Waals surface area contributed by atoms with Crippen molar-refractivity contribution in [3.63, 3.8) is 0 Å². The molecule has 0 spiro atoms. The molecule has 0 amide bonds. The number of ether oxygens (including phenoxy) is 1. The minimum Gasteiger partial charge on any atom is -0.494 e. The van der Waals surface area contributed by atoms with Gasteiger partial charge in [0, 0.05) is 22.3 Å². The van der Waals surface area contributed by atoms with Crippen molar-refractivity contribution in [3.8, 4) is 16.9 Å². The third-order valence-corrected chi connectivity index (χ3v) is 3.44. The summed E-state index contributed by atoms with van der Waals surface area (Å²) in [6.45, 7) is 0. The Bertz CT molecular complexity index is 666. The number of carbonyl (C=O) groups is 1. The number of nitrogens with zero attached hydrogens (tertiary/aromatic N) is 1. The Morgan fingerprint density at radius 3 is 2.30 bits per heavy atom. The van der Waals surface area contributed by atoms with Crippen LogP contribution in [0.2, 0.25) is 15.1 Å². The van der Waals surface area contributed by atoms with Crippen molar-refractivity contribution in [2.75, 3.05) is 7.11 Å². The zero-order valence-corrected chi connectivity index (χ0v) is 12.4. The molecule has 0 aliphatic rings. The van der Waals surface area contributed by atoms with Crippen LogP contribution in [0, 0.1) is 0 Å². The van der Waals surface area contributed by atoms with Crippen molar-refractivity contribution in [3.05, 3.63) is 45.2 Å². The Morgan fingerprint density at radius 1 is 1.20 bits per heavy atom. The summed E-state index contributed by atoms with van der Waals surface area (Å²) in [5, 5.41) is 10.2. The van der Waals surface area contributed by atoms with E-state index >= 15 is 0 Å². The molecule has 104 valence electrons. The van der Waals surface area contributed by atoms with Gasteiger partial charge in [0.1, 0.15) is 5.56 Å². The first-order chi connectivity index (χ1) is 9.45. The molecule has 1 aromatic carbocycles. The smallest absolute Gasteiger partial charge is 0.340 e. The highest BCUT2D eigenvalue weighted by Crippen LogP contribution is 2.40. The molecule has 1 heterocycles. The number of carboxylic acid groups (broad SMARTS) is 1. The molecule has 0 fully saturated rings. The number of hydrogen-bond donors (Lipinski definition) is 1. The lowest BCUT2D eigenvalue weighted by Gasteiger charge is -2.13. The van der Waals surface area contributed by atoms with E-state index in [-0.39, 0.29) is 26.9 Å². The lowest BCUT2D eigenvalue weighted by atomic mass is 10.0. The fourth-order valence-corrected chi connectivity index (χ4v) is 2.83. The number of rotatable bonds is 3. The molecule has 20 heavy (non-hydrogen) atoms. The first kappa shape index (κ1) is 14.9. The zero-order valence-electron chi connectivity index (χ0n) is 10.2. The first-order valence-electron chi connectivity index (χ1n) is 5.36. The summed E-state index contributed by atoms with van der Waals surface area (Å²) in [5.41, 5.74) is 0.554. The highest BCUT2D eigenvalue weighted by Gasteiger charge is 2.22. The molecule has 0 aliphatic carbocycles. The molecule has 0 saturated carbocycles. The van der Waals surface area contributed by atoms with Gasteiger partial charge in [-0.2, -0.15) is 0 Å². The third-order valence-electron chi connectivity index (χ3n) is 2.62. The Kier molecular flexibility index (Phi) is 4.38. The number of benzene rings is 1. The van der Waals surface area contributed by atoms with Crippen LogP contribution in [0.4, 0.5) is 0 Å². The van der Waals surface area contributed by atoms with Crippen molar-refractivity contribution < 1.29 is 14.6 Å². The Balaban J connectivity index is 2.80. The molecule has 2 aromatic rings. The van der Waals surface area contributed by atoms with Crippen LogP contribution in [0.1, 0.15) is 10.4 Å². The minimum atomic E-state index is -1.17. The Labute approximate surface area is 129 Å². The van der Waals surface area contributed by atoms with Gasteiger partial charge in [0.2, 0.25) is 0 Å². The summed E-state index contributed by atoms with van der Waals surface area (Å²) >= 11 is 18.1. The SMILES string of the molecule is COc1cncc(-c2c(Cl)cc(Cl)cc2Cl)c1C(=O)O. The summed E-state index contributed by atoms with van der Waals surface area (Å²) in [5.74, 6) is -1.04. The number of hydrogen-bond acceptors (Lipinski definition) is 3. The van der Waals surface area contributed by atoms with Crippen LogP contribution in [0.3, 0.4) is 0 Å². The third kappa shape index (κ3) is 2.68. The van der Waals surface area contributed by atoms with Crippen LogP contribution in [0.5, 0.6) is 5.75 Å². The molecule has 1 N–H and O–H groups in total. The molecule has 0 unspecified atom stereocenters. The van der Waals surface area contributed by atoms with Gasteiger partial charge in [-0.05, 0) is 12.1 Å². The lowest BCUT2D eigenvalue weighted by molar-refractivity contribution is 0.0694. The maximum atomic E-state index is 11.4. The Morgan fingerprint density at radius 2 is 1.80 bits per heavy atom. The average molecular weight is 333 g/mol. The van der Waals surface area contributed by atoms with E-state index in [0.717, 1.165) is 0 Å². The number of halogens is 3. The zero-order chi connectivity index (χ0) is 14.9. The van der Waals surface area contributed by atoms with Gasteiger partial charge in [0.25, 0.3) is 0 Å². The number of aromatic nitrogens is 1. The van der Waals surface area contributed by atoms with E-state index in [1.807, 2.05) is 0 Å². The van der Waals surface area contributed by atoms with Gasteiger partial charge in [0.05, 0.1) is 23.4 Å². The van der Waals surface area contributed by atoms with Crippen LogP contribution in [0.25, 0.3) is 11.1 Å². The summed E-state index contributed by atoms with van der Waals surface area (Å²) < 4.78 is 5.02. The maximum Gasteiger partial charge on any atom is 0.340 e. The molecule has 0 saturated heterocycles. The van der Waals surface area contributed by atoms with Gasteiger partial charge in [0.15, 0.2) is 5.75 Å². The molecule has 0 atom stereocenters. The highest BCUT2D eigenvalue weighted by molar-refractivity contribution is 6.42. The Hall–Kier alpha value is -1.49. The molecule has 7 heteroatoms. The normalized spacial score (nSPS) is 10.4. The number of pyridine rings is 1. The predicted molar refractivity (Wildman–Crippen MR) is 78.2 cm³/mol. The molecule has 4 nitrogen and oxygen atoms in total. The van der Waals surface area contributed by atoms with Gasteiger partial charge >= 0.3 is 5.97 Å². The quantitative estimate of drug-likeness (QED) is 0.904. The number of methoxy groups -OCH3 is 1. The fourth-order valence-electron chi connectivity index (χ4n) is 1.81. The van der Waals surface area contributed by atoms with Gasteiger partial charge in [-0.25, -0.2) is 4.79 Å². The second-order valence-corrected chi connectivity index (χ2v) is 5.06. The van der Waals surface area contributed by atoms with Crippen LogP contribution in [-0.4, -0.2) is 23.2 Å². The number of carboxylic acids is 1. The largest absolute Gasteiger partial charge is 0.494 e. The molecule has 0 aliphatic heterocycles. The van der Waals surface area contributed by atoms with Gasteiger partial charge in [-0.15, -0.1) is 0 Å². The standard InChI is InChI=1S/C13H8Cl3NO3/c1-20-10-5-17-4-7(12(10)13(18)19)11-8(15)2-6(14)3-9(11)16/h2-5H,1H3,(H,18,19). The van der Waals surface area contributed by atoms with E-state index in [1.54, 1.807) is 0 Å². The fraction of sp³-hybridized carbons (Fsp3) is 0.0769. The molecule has 0 radical (unpaired) electrons. The second-order valence-electron chi connectivity index (χ2n) is 3.81. The summed E-state index contributed by atoms with van der Waals surface area (Å²) in [4.78, 5) is 15.4. The van der Waals surface area contributed by atoms with E-state index in [2.05, 4.69) is 4.98 Å². The molecular weight excluding hydrogens is 325 g/mol. The average Bonchev–Trinajstić information content (AvgIpc) is 2.36. The van der Waals surface area contributed by atoms with Crippen LogP contribution < -0.4 is 4.74 Å². The predicted octanol–water partition coefficient (Wildman–Crippen LogP) is 4.42. The summed E-state index contributed by atoms with van der Waals surface area (Å²) in [7, 11) is 1.36. The van der Waals surface area contributed by atoms with Crippen LogP contribution in [-0.2, 0) is 0 Å². The topological polar surface area (TPSA) is 59.4 Å². The van der Waals surface area contributed by atoms with Crippen LogP contribution >= 0.6 is 34.8 Å². The highest BCUT2D eigenvalue weighted by atomic mass is 35.5. The van der Waals surface area contributed by atoms with E-state index in [0.29, 0.717) is 10.6 Å². The van der Waals surface area contributed by atoms with Gasteiger partial charge in [-0.1, -0.05) is 34.8 Å². The lowest BCUT2D eigenvalue weighted by Crippen LogP contribution is -2.04. The van der Waals surface area contributed by atoms with Crippen molar-refractivity contribution in [2.45, 2.75) is 0 Å². The molecule has 0 bridgehead atoms. The van der Waals surface area contributed by atoms with Crippen molar-refractivity contribution in [1.29, 1.82) is 0 Å².